The first-order valence-electron chi connectivity index (χ1n) is 11.2. The molecule has 1 aromatic heterocycles. The number of hydrogen-bond donors (Lipinski definition) is 0. The molecule has 160 valence electrons. The molecule has 0 saturated heterocycles. The van der Waals surface area contributed by atoms with E-state index in [4.69, 9.17) is 0 Å². The second-order valence-corrected chi connectivity index (χ2v) is 9.47. The van der Waals surface area contributed by atoms with E-state index < -0.39 is 0 Å². The minimum Gasteiger partial charge on any atom is -0.135 e. The van der Waals surface area contributed by atoms with Crippen LogP contribution in [0, 0.1) is 6.92 Å². The number of rotatable bonds is 5. The van der Waals surface area contributed by atoms with Crippen molar-refractivity contribution in [2.45, 2.75) is 13.8 Å². The van der Waals surface area contributed by atoms with E-state index in [1.54, 1.807) is 0 Å². The van der Waals surface area contributed by atoms with Gasteiger partial charge in [-0.15, -0.1) is 11.3 Å². The van der Waals surface area contributed by atoms with Gasteiger partial charge in [0, 0.05) is 20.2 Å². The Labute approximate surface area is 199 Å². The van der Waals surface area contributed by atoms with Crippen LogP contribution >= 0.6 is 11.3 Å². The molecule has 4 aromatic carbocycles. The predicted octanol–water partition coefficient (Wildman–Crippen LogP) is 9.70. The van der Waals surface area contributed by atoms with Crippen molar-refractivity contribution >= 4 is 42.7 Å². The van der Waals surface area contributed by atoms with Crippen molar-refractivity contribution in [1.82, 2.24) is 0 Å². The maximum atomic E-state index is 3.99. The van der Waals surface area contributed by atoms with E-state index in [0.717, 1.165) is 0 Å². The van der Waals surface area contributed by atoms with Gasteiger partial charge >= 0.3 is 0 Å². The van der Waals surface area contributed by atoms with Crippen LogP contribution < -0.4 is 0 Å². The van der Waals surface area contributed by atoms with Gasteiger partial charge in [0.15, 0.2) is 0 Å². The van der Waals surface area contributed by atoms with E-state index in [9.17, 15) is 0 Å². The summed E-state index contributed by atoms with van der Waals surface area (Å²) in [5.41, 5.74) is 8.66. The van der Waals surface area contributed by atoms with Gasteiger partial charge in [-0.1, -0.05) is 109 Å². The molecule has 0 spiro atoms. The normalized spacial score (nSPS) is 12.4. The SMILES string of the molecule is C=C/C=C(\C=C(/C)c1cccc(-c2cccc(C)c2)c1)c1cccc2c1sc1ccccc12. The molecule has 0 aliphatic heterocycles. The molecule has 0 amide bonds. The lowest BCUT2D eigenvalue weighted by atomic mass is 9.95. The predicted molar refractivity (Wildman–Crippen MR) is 148 cm³/mol. The first kappa shape index (κ1) is 21.2. The highest BCUT2D eigenvalue weighted by atomic mass is 32.1. The highest BCUT2D eigenvalue weighted by Gasteiger charge is 2.11. The van der Waals surface area contributed by atoms with Crippen molar-refractivity contribution in [3.8, 4) is 11.1 Å². The van der Waals surface area contributed by atoms with Crippen LogP contribution in [0.4, 0.5) is 0 Å². The van der Waals surface area contributed by atoms with Gasteiger partial charge in [-0.25, -0.2) is 0 Å². The maximum Gasteiger partial charge on any atom is 0.0433 e. The number of fused-ring (bicyclic) bond motifs is 3. The Bertz CT molecular complexity index is 1540. The minimum atomic E-state index is 1.18. The number of allylic oxidation sites excluding steroid dienone is 5. The number of aryl methyl sites for hydroxylation is 1. The van der Waals surface area contributed by atoms with E-state index in [1.807, 2.05) is 17.4 Å². The van der Waals surface area contributed by atoms with E-state index >= 15 is 0 Å². The molecule has 5 aromatic rings. The lowest BCUT2D eigenvalue weighted by molar-refractivity contribution is 1.46. The van der Waals surface area contributed by atoms with Gasteiger partial charge in [-0.2, -0.15) is 0 Å². The lowest BCUT2D eigenvalue weighted by Gasteiger charge is -2.10. The fourth-order valence-corrected chi connectivity index (χ4v) is 5.64. The number of thiophene rings is 1. The summed E-state index contributed by atoms with van der Waals surface area (Å²) < 4.78 is 2.65. The lowest BCUT2D eigenvalue weighted by Crippen LogP contribution is -1.87. The Kier molecular flexibility index (Phi) is 5.81. The van der Waals surface area contributed by atoms with Crippen molar-refractivity contribution in [2.75, 3.05) is 0 Å². The third kappa shape index (κ3) is 4.20. The summed E-state index contributed by atoms with van der Waals surface area (Å²) in [6.45, 7) is 8.32. The largest absolute Gasteiger partial charge is 0.135 e. The topological polar surface area (TPSA) is 0 Å². The molecule has 0 saturated carbocycles. The van der Waals surface area contributed by atoms with Gasteiger partial charge in [-0.05, 0) is 59.4 Å². The van der Waals surface area contributed by atoms with Crippen LogP contribution in [-0.2, 0) is 0 Å². The van der Waals surface area contributed by atoms with Crippen LogP contribution in [0.1, 0.15) is 23.6 Å². The summed E-state index contributed by atoms with van der Waals surface area (Å²) in [5, 5.41) is 2.64. The average molecular weight is 443 g/mol. The zero-order chi connectivity index (χ0) is 22.8. The summed E-state index contributed by atoms with van der Waals surface area (Å²) in [7, 11) is 0. The molecule has 5 rings (SSSR count). The van der Waals surface area contributed by atoms with Crippen LogP contribution in [0.2, 0.25) is 0 Å². The van der Waals surface area contributed by atoms with Crippen molar-refractivity contribution in [3.63, 3.8) is 0 Å². The van der Waals surface area contributed by atoms with E-state index in [0.29, 0.717) is 0 Å². The number of benzene rings is 4. The summed E-state index contributed by atoms with van der Waals surface area (Å²) in [6, 6.07) is 32.7. The van der Waals surface area contributed by atoms with Gasteiger partial charge in [-0.3, -0.25) is 0 Å². The fraction of sp³-hybridized carbons (Fsp3) is 0.0625. The van der Waals surface area contributed by atoms with Gasteiger partial charge in [0.1, 0.15) is 0 Å². The van der Waals surface area contributed by atoms with E-state index in [-0.39, 0.29) is 0 Å². The van der Waals surface area contributed by atoms with Crippen LogP contribution in [0.25, 0.3) is 42.4 Å². The second-order valence-electron chi connectivity index (χ2n) is 8.42. The Balaban J connectivity index is 1.59. The molecule has 33 heavy (non-hydrogen) atoms. The maximum absolute atomic E-state index is 3.99. The quantitative estimate of drug-likeness (QED) is 0.238. The molecule has 0 aliphatic carbocycles. The summed E-state index contributed by atoms with van der Waals surface area (Å²) in [6.07, 6.45) is 6.29. The molecule has 0 unspecified atom stereocenters. The Morgan fingerprint density at radius 3 is 2.33 bits per heavy atom. The molecular weight excluding hydrogens is 416 g/mol. The van der Waals surface area contributed by atoms with Crippen LogP contribution in [-0.4, -0.2) is 0 Å². The Morgan fingerprint density at radius 2 is 1.52 bits per heavy atom. The first-order valence-corrected chi connectivity index (χ1v) is 12.0. The number of hydrogen-bond acceptors (Lipinski definition) is 1. The van der Waals surface area contributed by atoms with Gasteiger partial charge < -0.3 is 0 Å². The molecule has 0 nitrogen and oxygen atoms in total. The molecule has 0 radical (unpaired) electrons. The van der Waals surface area contributed by atoms with Crippen molar-refractivity contribution < 1.29 is 0 Å². The second kappa shape index (κ2) is 9.05. The molecule has 0 bridgehead atoms. The van der Waals surface area contributed by atoms with E-state index in [2.05, 4.69) is 124 Å². The fourth-order valence-electron chi connectivity index (χ4n) is 4.40. The molecule has 0 N–H and O–H groups in total. The molecule has 0 fully saturated rings. The van der Waals surface area contributed by atoms with Gasteiger partial charge in [0.05, 0.1) is 0 Å². The van der Waals surface area contributed by atoms with Crippen LogP contribution in [0.5, 0.6) is 0 Å². The monoisotopic (exact) mass is 442 g/mol. The summed E-state index contributed by atoms with van der Waals surface area (Å²) in [4.78, 5) is 0. The Morgan fingerprint density at radius 1 is 0.788 bits per heavy atom. The molecule has 0 aliphatic rings. The van der Waals surface area contributed by atoms with Gasteiger partial charge in [0.2, 0.25) is 0 Å². The molecule has 0 atom stereocenters. The smallest absolute Gasteiger partial charge is 0.0433 e. The summed E-state index contributed by atoms with van der Waals surface area (Å²) in [5.74, 6) is 0. The minimum absolute atomic E-state index is 1.18. The van der Waals surface area contributed by atoms with Crippen LogP contribution in [0.3, 0.4) is 0 Å². The third-order valence-corrected chi connectivity index (χ3v) is 7.27. The molecule has 1 heterocycles. The zero-order valence-electron chi connectivity index (χ0n) is 19.0. The third-order valence-electron chi connectivity index (χ3n) is 6.05. The van der Waals surface area contributed by atoms with Gasteiger partial charge in [0.25, 0.3) is 0 Å². The highest BCUT2D eigenvalue weighted by molar-refractivity contribution is 7.26. The standard InChI is InChI=1S/C32H26S/c1-4-10-27(28-16-9-17-30-29-15-5-6-18-31(29)33-32(28)30)20-23(3)24-12-8-14-26(21-24)25-13-7-11-22(2)19-25/h4-21H,1H2,2-3H3/b23-20+,27-10+. The molecule has 1 heteroatoms. The van der Waals surface area contributed by atoms with Crippen LogP contribution in [0.15, 0.2) is 116 Å². The van der Waals surface area contributed by atoms with Crippen molar-refractivity contribution in [2.24, 2.45) is 0 Å². The zero-order valence-corrected chi connectivity index (χ0v) is 19.8. The van der Waals surface area contributed by atoms with E-state index in [1.165, 1.54) is 59.1 Å². The summed E-state index contributed by atoms with van der Waals surface area (Å²) >= 11 is 1.86. The van der Waals surface area contributed by atoms with Crippen molar-refractivity contribution in [1.29, 1.82) is 0 Å². The highest BCUT2D eigenvalue weighted by Crippen LogP contribution is 2.39. The Hall–Kier alpha value is -3.68. The molecular formula is C32H26S. The van der Waals surface area contributed by atoms with Crippen molar-refractivity contribution in [3.05, 3.63) is 132 Å². The average Bonchev–Trinajstić information content (AvgIpc) is 3.23. The first-order chi connectivity index (χ1) is 16.1.